The van der Waals surface area contributed by atoms with E-state index in [0.29, 0.717) is 6.42 Å². The van der Waals surface area contributed by atoms with Crippen LogP contribution in [0.15, 0.2) is 285 Å². The molecule has 0 bridgehead atoms. The molecule has 2 aliphatic rings. The van der Waals surface area contributed by atoms with E-state index in [-0.39, 0.29) is 0 Å². The lowest BCUT2D eigenvalue weighted by atomic mass is 9.65. The molecular formula is C82H72N4. The molecule has 0 aromatic heterocycles. The number of benzene rings is 11. The fraction of sp³-hybridized carbons (Fsp3) is 0.122. The van der Waals surface area contributed by atoms with Crippen molar-refractivity contribution >= 4 is 62.6 Å². The summed E-state index contributed by atoms with van der Waals surface area (Å²) >= 11 is 0. The zero-order valence-electron chi connectivity index (χ0n) is 50.6. The standard InChI is InChI=1S/C82H72N4/c1-55-13-30-65(31-14-55)83(66-32-15-56(2)16-33-66)73-12-10-11-64-29-46-74(84(67-34-17-57(3)18-35-67)68-36-19-58(4)20-37-68)52-79(64)82(63(9)51-73)80-53-75(85(69-38-21-59(5)22-39-69)70-40-23-60(6)24-41-70)47-49-77(80)78-50-48-76(54-81(78)82)86(71-42-25-61(7)26-43-71)72-44-27-62(8)28-45-72/h10,12-54H,9,11H2,1-8H3/b12-10-,73-51+. The third-order valence-corrected chi connectivity index (χ3v) is 17.4. The van der Waals surface area contributed by atoms with E-state index < -0.39 is 5.41 Å². The van der Waals surface area contributed by atoms with Crippen molar-refractivity contribution in [2.45, 2.75) is 67.2 Å². The average Bonchev–Trinajstić information content (AvgIpc) is 1.52. The molecule has 2 aliphatic carbocycles. The van der Waals surface area contributed by atoms with Crippen molar-refractivity contribution in [3.05, 3.63) is 352 Å². The van der Waals surface area contributed by atoms with Crippen molar-refractivity contribution in [1.82, 2.24) is 0 Å². The molecule has 4 nitrogen and oxygen atoms in total. The minimum atomic E-state index is -0.990. The highest BCUT2D eigenvalue weighted by atomic mass is 15.2. The van der Waals surface area contributed by atoms with Crippen LogP contribution in [0.4, 0.5) is 62.6 Å². The molecule has 0 saturated heterocycles. The molecule has 0 unspecified atom stereocenters. The predicted molar refractivity (Wildman–Crippen MR) is 365 cm³/mol. The molecule has 11 aromatic rings. The van der Waals surface area contributed by atoms with Gasteiger partial charge in [0.25, 0.3) is 0 Å². The molecule has 0 N–H and O–H groups in total. The van der Waals surface area contributed by atoms with Gasteiger partial charge in [-0.05, 0) is 246 Å². The van der Waals surface area contributed by atoms with Crippen LogP contribution in [0.2, 0.25) is 0 Å². The van der Waals surface area contributed by atoms with E-state index in [4.69, 9.17) is 6.58 Å². The first-order chi connectivity index (χ1) is 41.8. The van der Waals surface area contributed by atoms with Gasteiger partial charge in [-0.3, -0.25) is 0 Å². The average molecular weight is 1110 g/mol. The highest BCUT2D eigenvalue weighted by Crippen LogP contribution is 2.60. The Morgan fingerprint density at radius 2 is 0.523 bits per heavy atom. The second-order valence-electron chi connectivity index (χ2n) is 23.8. The lowest BCUT2D eigenvalue weighted by molar-refractivity contribution is 0.758. The summed E-state index contributed by atoms with van der Waals surface area (Å²) < 4.78 is 0. The number of allylic oxidation sites excluding steroid dienone is 4. The van der Waals surface area contributed by atoms with E-state index >= 15 is 0 Å². The fourth-order valence-electron chi connectivity index (χ4n) is 12.7. The van der Waals surface area contributed by atoms with Gasteiger partial charge in [0.1, 0.15) is 0 Å². The van der Waals surface area contributed by atoms with Gasteiger partial charge in [0.15, 0.2) is 0 Å². The number of nitrogens with zero attached hydrogens (tertiary/aromatic N) is 4. The van der Waals surface area contributed by atoms with Gasteiger partial charge >= 0.3 is 0 Å². The van der Waals surface area contributed by atoms with Gasteiger partial charge in [-0.15, -0.1) is 0 Å². The van der Waals surface area contributed by atoms with Gasteiger partial charge in [-0.25, -0.2) is 0 Å². The van der Waals surface area contributed by atoms with Crippen LogP contribution in [0, 0.1) is 55.4 Å². The number of hydrogen-bond acceptors (Lipinski definition) is 4. The Kier molecular flexibility index (Phi) is 14.6. The van der Waals surface area contributed by atoms with E-state index in [1.165, 1.54) is 77.9 Å². The molecule has 0 fully saturated rings. The first kappa shape index (κ1) is 55.1. The summed E-state index contributed by atoms with van der Waals surface area (Å²) in [7, 11) is 0. The van der Waals surface area contributed by atoms with Crippen molar-refractivity contribution < 1.29 is 0 Å². The number of hydrogen-bond donors (Lipinski definition) is 0. The van der Waals surface area contributed by atoms with Gasteiger partial charge in [0.05, 0.1) is 5.41 Å². The lowest BCUT2D eigenvalue weighted by Crippen LogP contribution is -2.31. The molecule has 11 aromatic carbocycles. The molecule has 4 heteroatoms. The quantitative estimate of drug-likeness (QED) is 0.121. The maximum absolute atomic E-state index is 5.49. The largest absolute Gasteiger partial charge is 0.311 e. The van der Waals surface area contributed by atoms with Crippen LogP contribution < -0.4 is 19.6 Å². The molecule has 0 radical (unpaired) electrons. The molecule has 0 saturated carbocycles. The number of aryl methyl sites for hydroxylation is 8. The highest BCUT2D eigenvalue weighted by Gasteiger charge is 2.49. The summed E-state index contributed by atoms with van der Waals surface area (Å²) in [5, 5.41) is 0. The summed E-state index contributed by atoms with van der Waals surface area (Å²) in [5.41, 5.74) is 29.5. The Labute approximate surface area is 509 Å². The summed E-state index contributed by atoms with van der Waals surface area (Å²) in [6, 6.07) is 93.1. The number of rotatable bonds is 12. The van der Waals surface area contributed by atoms with Crippen LogP contribution in [0.25, 0.3) is 11.1 Å². The van der Waals surface area contributed by atoms with Crippen LogP contribution in [-0.2, 0) is 11.8 Å². The van der Waals surface area contributed by atoms with E-state index in [2.05, 4.69) is 342 Å². The van der Waals surface area contributed by atoms with E-state index in [1.807, 2.05) is 0 Å². The highest BCUT2D eigenvalue weighted by molar-refractivity contribution is 5.93. The SMILES string of the molecule is C=C1/C=C(N(c2ccc(C)cc2)c2ccc(C)cc2)\C=C/Cc2ccc(N(c3ccc(C)cc3)c3ccc(C)cc3)cc2C12c1cc(N(c3ccc(C)cc3)c3ccc(C)cc3)ccc1-c1ccc(N(c3ccc(C)cc3)c3ccc(C)cc3)cc12. The zero-order chi connectivity index (χ0) is 59.2. The van der Waals surface area contributed by atoms with Gasteiger partial charge in [-0.1, -0.05) is 172 Å². The maximum atomic E-state index is 5.49. The topological polar surface area (TPSA) is 13.0 Å². The molecule has 0 amide bonds. The third-order valence-electron chi connectivity index (χ3n) is 17.4. The predicted octanol–water partition coefficient (Wildman–Crippen LogP) is 22.3. The van der Waals surface area contributed by atoms with Gasteiger partial charge < -0.3 is 19.6 Å². The molecule has 0 heterocycles. The Balaban J connectivity index is 1.15. The zero-order valence-corrected chi connectivity index (χ0v) is 50.6. The van der Waals surface area contributed by atoms with Crippen molar-refractivity contribution in [2.75, 3.05) is 19.6 Å². The summed E-state index contributed by atoms with van der Waals surface area (Å²) in [6.07, 6.45) is 7.74. The lowest BCUT2D eigenvalue weighted by Gasteiger charge is -2.38. The molecule has 1 spiro atoms. The smallest absolute Gasteiger partial charge is 0.0713 e. The maximum Gasteiger partial charge on any atom is 0.0713 e. The minimum absolute atomic E-state index is 0.661. The van der Waals surface area contributed by atoms with E-state index in [9.17, 15) is 0 Å². The van der Waals surface area contributed by atoms with Crippen molar-refractivity contribution in [2.24, 2.45) is 0 Å². The van der Waals surface area contributed by atoms with Crippen LogP contribution in [0.5, 0.6) is 0 Å². The first-order valence-electron chi connectivity index (χ1n) is 30.0. The van der Waals surface area contributed by atoms with Gasteiger partial charge in [0, 0.05) is 68.3 Å². The van der Waals surface area contributed by atoms with E-state index in [1.54, 1.807) is 0 Å². The van der Waals surface area contributed by atoms with Crippen molar-refractivity contribution in [1.29, 1.82) is 0 Å². The van der Waals surface area contributed by atoms with Gasteiger partial charge in [0.2, 0.25) is 0 Å². The number of fused-ring (bicyclic) bond motifs is 7. The molecule has 0 atom stereocenters. The van der Waals surface area contributed by atoms with Crippen molar-refractivity contribution in [3.63, 3.8) is 0 Å². The summed E-state index contributed by atoms with van der Waals surface area (Å²) in [6.45, 7) is 22.8. The fourth-order valence-corrected chi connectivity index (χ4v) is 12.7. The Hall–Kier alpha value is -10.2. The van der Waals surface area contributed by atoms with Crippen molar-refractivity contribution in [3.8, 4) is 11.1 Å². The number of anilines is 11. The molecule has 0 aliphatic heterocycles. The molecule has 420 valence electrons. The molecular weight excluding hydrogens is 1040 g/mol. The summed E-state index contributed by atoms with van der Waals surface area (Å²) in [5.74, 6) is 0. The van der Waals surface area contributed by atoms with Crippen LogP contribution in [-0.4, -0.2) is 0 Å². The minimum Gasteiger partial charge on any atom is -0.311 e. The van der Waals surface area contributed by atoms with E-state index in [0.717, 1.165) is 73.8 Å². The normalized spacial score (nSPS) is 14.0. The first-order valence-corrected chi connectivity index (χ1v) is 30.0. The monoisotopic (exact) mass is 1110 g/mol. The molecule has 13 rings (SSSR count). The Morgan fingerprint density at radius 3 is 0.814 bits per heavy atom. The second kappa shape index (κ2) is 22.8. The Bertz CT molecular complexity index is 4030. The second-order valence-corrected chi connectivity index (χ2v) is 23.8. The van der Waals surface area contributed by atoms with Gasteiger partial charge in [-0.2, -0.15) is 0 Å². The van der Waals surface area contributed by atoms with Crippen LogP contribution in [0.3, 0.4) is 0 Å². The van der Waals surface area contributed by atoms with Crippen LogP contribution >= 0.6 is 0 Å². The summed E-state index contributed by atoms with van der Waals surface area (Å²) in [4.78, 5) is 9.67. The van der Waals surface area contributed by atoms with Crippen LogP contribution in [0.1, 0.15) is 66.8 Å². The Morgan fingerprint density at radius 1 is 0.279 bits per heavy atom. The third kappa shape index (κ3) is 10.3. The molecule has 86 heavy (non-hydrogen) atoms.